The predicted octanol–water partition coefficient (Wildman–Crippen LogP) is 3.31. The van der Waals surface area contributed by atoms with Crippen LogP contribution in [0.4, 0.5) is 4.79 Å². The van der Waals surface area contributed by atoms with Crippen molar-refractivity contribution in [3.8, 4) is 0 Å². The van der Waals surface area contributed by atoms with Gasteiger partial charge in [0, 0.05) is 11.3 Å². The van der Waals surface area contributed by atoms with Crippen LogP contribution in [-0.2, 0) is 4.79 Å². The van der Waals surface area contributed by atoms with E-state index in [1.165, 1.54) is 23.1 Å². The molecule has 0 saturated heterocycles. The van der Waals surface area contributed by atoms with Gasteiger partial charge < -0.3 is 5.32 Å². The van der Waals surface area contributed by atoms with Crippen molar-refractivity contribution in [1.82, 2.24) is 20.8 Å². The first-order chi connectivity index (χ1) is 10.6. The summed E-state index contributed by atoms with van der Waals surface area (Å²) < 4.78 is 1.54. The van der Waals surface area contributed by atoms with Crippen molar-refractivity contribution in [1.29, 1.82) is 0 Å². The van der Waals surface area contributed by atoms with E-state index in [2.05, 4.69) is 27.4 Å². The highest BCUT2D eigenvalue weighted by Crippen LogP contribution is 2.31. The van der Waals surface area contributed by atoms with Gasteiger partial charge in [0.15, 0.2) is 8.68 Å². The number of imide groups is 1. The normalized spacial score (nSPS) is 12.6. The van der Waals surface area contributed by atoms with Crippen LogP contribution in [0.3, 0.4) is 0 Å². The summed E-state index contributed by atoms with van der Waals surface area (Å²) in [4.78, 5) is 23.7. The van der Waals surface area contributed by atoms with E-state index in [-0.39, 0.29) is 5.91 Å². The number of nitrogens with one attached hydrogen (secondary N) is 2. The second-order valence-electron chi connectivity index (χ2n) is 6.03. The number of amides is 3. The molecule has 0 aliphatic heterocycles. The van der Waals surface area contributed by atoms with Crippen LogP contribution in [0.25, 0.3) is 0 Å². The first-order valence-electron chi connectivity index (χ1n) is 6.97. The fourth-order valence-electron chi connectivity index (χ4n) is 1.28. The van der Waals surface area contributed by atoms with Gasteiger partial charge >= 0.3 is 6.03 Å². The molecule has 1 heterocycles. The van der Waals surface area contributed by atoms with Crippen molar-refractivity contribution in [3.63, 3.8) is 0 Å². The summed E-state index contributed by atoms with van der Waals surface area (Å²) in [6.07, 6.45) is 0. The molecule has 0 aromatic carbocycles. The van der Waals surface area contributed by atoms with Crippen LogP contribution in [-0.4, -0.2) is 38.7 Å². The van der Waals surface area contributed by atoms with Gasteiger partial charge in [-0.1, -0.05) is 47.0 Å². The summed E-state index contributed by atoms with van der Waals surface area (Å²) in [7, 11) is 0. The molecular formula is C14H22N4O2S3. The van der Waals surface area contributed by atoms with Gasteiger partial charge in [-0.25, -0.2) is 4.79 Å². The largest absolute Gasteiger partial charge is 0.333 e. The fourth-order valence-corrected chi connectivity index (χ4v) is 4.29. The average molecular weight is 375 g/mol. The average Bonchev–Trinajstić information content (AvgIpc) is 2.81. The molecular weight excluding hydrogens is 352 g/mol. The smallest absolute Gasteiger partial charge is 0.321 e. The Balaban J connectivity index is 2.49. The number of carbonyl (C=O) groups is 2. The number of hydrogen-bond donors (Lipinski definition) is 2. The molecule has 6 nitrogen and oxygen atoms in total. The number of rotatable bonds is 6. The molecule has 9 heteroatoms. The van der Waals surface area contributed by atoms with Gasteiger partial charge in [-0.2, -0.15) is 0 Å². The molecule has 0 spiro atoms. The van der Waals surface area contributed by atoms with E-state index in [1.54, 1.807) is 18.7 Å². The number of thioether (sulfide) groups is 2. The van der Waals surface area contributed by atoms with E-state index in [0.29, 0.717) is 4.34 Å². The minimum absolute atomic E-state index is 0.358. The number of hydrogen-bond acceptors (Lipinski definition) is 7. The van der Waals surface area contributed by atoms with Gasteiger partial charge in [-0.05, 0) is 34.6 Å². The lowest BCUT2D eigenvalue weighted by molar-refractivity contribution is -0.119. The second-order valence-corrected chi connectivity index (χ2v) is 9.82. The van der Waals surface area contributed by atoms with E-state index >= 15 is 0 Å². The zero-order valence-electron chi connectivity index (χ0n) is 13.9. The molecule has 0 fully saturated rings. The van der Waals surface area contributed by atoms with Crippen molar-refractivity contribution < 1.29 is 9.59 Å². The van der Waals surface area contributed by atoms with Crippen molar-refractivity contribution in [2.45, 2.75) is 54.1 Å². The molecule has 1 aromatic rings. The standard InChI is InChI=1S/C14H22N4O2S3/c1-8(2)7-21-12-17-18-13(23-12)22-9(3)10(19)15-11(20)16-14(4,5)6/h9H,1,7H2,2-6H3,(H2,15,16,19,20)/t9-/m1/s1. The third-order valence-electron chi connectivity index (χ3n) is 2.20. The highest BCUT2D eigenvalue weighted by Gasteiger charge is 2.21. The van der Waals surface area contributed by atoms with Crippen molar-refractivity contribution in [2.24, 2.45) is 0 Å². The lowest BCUT2D eigenvalue weighted by atomic mass is 10.1. The van der Waals surface area contributed by atoms with Gasteiger partial charge in [-0.3, -0.25) is 10.1 Å². The molecule has 0 radical (unpaired) electrons. The second kappa shape index (κ2) is 8.70. The first-order valence-corrected chi connectivity index (χ1v) is 9.65. The van der Waals surface area contributed by atoms with Crippen LogP contribution >= 0.6 is 34.9 Å². The Labute approximate surface area is 149 Å². The molecule has 1 rings (SSSR count). The Morgan fingerprint density at radius 2 is 1.91 bits per heavy atom. The fraction of sp³-hybridized carbons (Fsp3) is 0.571. The van der Waals surface area contributed by atoms with Gasteiger partial charge in [0.25, 0.3) is 0 Å². The van der Waals surface area contributed by atoms with Crippen LogP contribution in [0, 0.1) is 0 Å². The highest BCUT2D eigenvalue weighted by molar-refractivity contribution is 8.04. The van der Waals surface area contributed by atoms with E-state index in [4.69, 9.17) is 0 Å². The van der Waals surface area contributed by atoms with Crippen LogP contribution < -0.4 is 10.6 Å². The van der Waals surface area contributed by atoms with Gasteiger partial charge in [0.1, 0.15) is 0 Å². The molecule has 0 unspecified atom stereocenters. The topological polar surface area (TPSA) is 84.0 Å². The molecule has 0 aliphatic carbocycles. The molecule has 2 N–H and O–H groups in total. The minimum Gasteiger partial charge on any atom is -0.333 e. The zero-order valence-corrected chi connectivity index (χ0v) is 16.4. The molecule has 3 amide bonds. The Bertz CT molecular complexity index is 581. The molecule has 0 bridgehead atoms. The number of nitrogens with zero attached hydrogens (tertiary/aromatic N) is 2. The van der Waals surface area contributed by atoms with Crippen LogP contribution in [0.15, 0.2) is 20.8 Å². The lowest BCUT2D eigenvalue weighted by Gasteiger charge is -2.20. The summed E-state index contributed by atoms with van der Waals surface area (Å²) in [5.74, 6) is 0.436. The predicted molar refractivity (Wildman–Crippen MR) is 97.2 cm³/mol. The Morgan fingerprint density at radius 1 is 1.30 bits per heavy atom. The lowest BCUT2D eigenvalue weighted by Crippen LogP contribution is -2.49. The summed E-state index contributed by atoms with van der Waals surface area (Å²) in [5.41, 5.74) is 0.673. The molecule has 23 heavy (non-hydrogen) atoms. The zero-order chi connectivity index (χ0) is 17.6. The SMILES string of the molecule is C=C(C)CSc1nnc(S[C@H](C)C(=O)NC(=O)NC(C)(C)C)s1. The molecule has 0 aliphatic rings. The Kier molecular flexibility index (Phi) is 7.56. The molecule has 128 valence electrons. The molecule has 1 aromatic heterocycles. The maximum atomic E-state index is 12.0. The number of carbonyl (C=O) groups excluding carboxylic acids is 2. The minimum atomic E-state index is -0.495. The summed E-state index contributed by atoms with van der Waals surface area (Å²) in [6, 6.07) is -0.495. The first kappa shape index (κ1) is 20.0. The Morgan fingerprint density at radius 3 is 2.48 bits per heavy atom. The van der Waals surface area contributed by atoms with Gasteiger partial charge in [-0.15, -0.1) is 10.2 Å². The van der Waals surface area contributed by atoms with Crippen LogP contribution in [0.1, 0.15) is 34.6 Å². The van der Waals surface area contributed by atoms with Gasteiger partial charge in [0.2, 0.25) is 5.91 Å². The monoisotopic (exact) mass is 374 g/mol. The number of urea groups is 1. The maximum absolute atomic E-state index is 12.0. The third-order valence-corrected chi connectivity index (χ3v) is 5.67. The highest BCUT2D eigenvalue weighted by atomic mass is 32.2. The number of aromatic nitrogens is 2. The van der Waals surface area contributed by atoms with Gasteiger partial charge in [0.05, 0.1) is 5.25 Å². The van der Waals surface area contributed by atoms with Crippen molar-refractivity contribution in [2.75, 3.05) is 5.75 Å². The van der Waals surface area contributed by atoms with E-state index < -0.39 is 16.8 Å². The van der Waals surface area contributed by atoms with Crippen molar-refractivity contribution >= 4 is 46.8 Å². The third kappa shape index (κ3) is 8.38. The summed E-state index contributed by atoms with van der Waals surface area (Å²) in [5, 5.41) is 12.7. The molecule has 0 saturated carbocycles. The van der Waals surface area contributed by atoms with E-state index in [1.807, 2.05) is 27.7 Å². The van der Waals surface area contributed by atoms with Crippen molar-refractivity contribution in [3.05, 3.63) is 12.2 Å². The Hall–Kier alpha value is -1.06. The van der Waals surface area contributed by atoms with Crippen LogP contribution in [0.5, 0.6) is 0 Å². The maximum Gasteiger partial charge on any atom is 0.321 e. The summed E-state index contributed by atoms with van der Waals surface area (Å²) >= 11 is 4.28. The van der Waals surface area contributed by atoms with E-state index in [9.17, 15) is 9.59 Å². The van der Waals surface area contributed by atoms with Crippen LogP contribution in [0.2, 0.25) is 0 Å². The van der Waals surface area contributed by atoms with E-state index in [0.717, 1.165) is 15.7 Å². The quantitative estimate of drug-likeness (QED) is 0.587. The summed E-state index contributed by atoms with van der Waals surface area (Å²) in [6.45, 7) is 13.1. The molecule has 1 atom stereocenters.